The van der Waals surface area contributed by atoms with Gasteiger partial charge in [-0.25, -0.2) is 0 Å². The van der Waals surface area contributed by atoms with Gasteiger partial charge in [0.1, 0.15) is 4.60 Å². The van der Waals surface area contributed by atoms with Gasteiger partial charge in [-0.05, 0) is 73.2 Å². The van der Waals surface area contributed by atoms with Crippen LogP contribution in [0.3, 0.4) is 0 Å². The summed E-state index contributed by atoms with van der Waals surface area (Å²) in [4.78, 5) is 0. The van der Waals surface area contributed by atoms with Crippen LogP contribution in [0.15, 0.2) is 71.5 Å². The van der Waals surface area contributed by atoms with E-state index < -0.39 is 0 Å². The zero-order valence-electron chi connectivity index (χ0n) is 22.5. The summed E-state index contributed by atoms with van der Waals surface area (Å²) >= 11 is 3.57. The average Bonchev–Trinajstić information content (AvgIpc) is 3.36. The molecule has 0 radical (unpaired) electrons. The average molecular weight is 568 g/mol. The third-order valence-corrected chi connectivity index (χ3v) is 7.10. The first-order valence-electron chi connectivity index (χ1n) is 12.9. The minimum atomic E-state index is 0.680. The highest BCUT2D eigenvalue weighted by molar-refractivity contribution is 9.10. The van der Waals surface area contributed by atoms with Crippen molar-refractivity contribution in [3.8, 4) is 0 Å². The van der Waals surface area contributed by atoms with E-state index in [2.05, 4.69) is 70.4 Å². The molecule has 0 spiro atoms. The zero-order chi connectivity index (χ0) is 26.5. The van der Waals surface area contributed by atoms with Gasteiger partial charge in [0.15, 0.2) is 0 Å². The van der Waals surface area contributed by atoms with E-state index in [0.717, 1.165) is 55.1 Å². The number of nitrogens with zero attached hydrogens (tertiary/aromatic N) is 4. The van der Waals surface area contributed by atoms with Crippen molar-refractivity contribution in [1.29, 1.82) is 0 Å². The normalized spacial score (nSPS) is 10.8. The molecule has 0 fully saturated rings. The van der Waals surface area contributed by atoms with E-state index in [1.807, 2.05) is 59.6 Å². The highest BCUT2D eigenvalue weighted by atomic mass is 79.9. The van der Waals surface area contributed by atoms with Crippen LogP contribution in [-0.2, 0) is 35.8 Å². The Balaban J connectivity index is 0.000000206. The Morgan fingerprint density at radius 3 is 1.70 bits per heavy atom. The first-order valence-corrected chi connectivity index (χ1v) is 13.7. The molecule has 0 aliphatic rings. The summed E-state index contributed by atoms with van der Waals surface area (Å²) in [5, 5.41) is 8.91. The van der Waals surface area contributed by atoms with Crippen molar-refractivity contribution < 1.29 is 9.47 Å². The number of hydrogen-bond acceptors (Lipinski definition) is 4. The summed E-state index contributed by atoms with van der Waals surface area (Å²) in [6.45, 7) is 12.9. The molecular formula is C30H39BrN4O2. The summed E-state index contributed by atoms with van der Waals surface area (Å²) in [7, 11) is 0. The van der Waals surface area contributed by atoms with Crippen LogP contribution in [0.25, 0.3) is 0 Å². The van der Waals surface area contributed by atoms with Crippen LogP contribution in [0.4, 0.5) is 0 Å². The number of aryl methyl sites for hydroxylation is 5. The van der Waals surface area contributed by atoms with E-state index in [0.29, 0.717) is 13.2 Å². The first-order chi connectivity index (χ1) is 17.9. The van der Waals surface area contributed by atoms with Gasteiger partial charge in [0.25, 0.3) is 0 Å². The summed E-state index contributed by atoms with van der Waals surface area (Å²) in [5.74, 6) is 0. The topological polar surface area (TPSA) is 54.1 Å². The Labute approximate surface area is 229 Å². The van der Waals surface area contributed by atoms with E-state index in [4.69, 9.17) is 9.47 Å². The summed E-state index contributed by atoms with van der Waals surface area (Å²) in [6, 6.07) is 20.5. The monoisotopic (exact) mass is 566 g/mol. The number of rotatable bonds is 12. The van der Waals surface area contributed by atoms with Gasteiger partial charge in [-0.2, -0.15) is 10.2 Å². The Bertz CT molecular complexity index is 1170. The molecule has 198 valence electrons. The Morgan fingerprint density at radius 1 is 0.703 bits per heavy atom. The lowest BCUT2D eigenvalue weighted by Crippen LogP contribution is -2.05. The van der Waals surface area contributed by atoms with Crippen LogP contribution in [-0.4, -0.2) is 32.8 Å². The maximum atomic E-state index is 5.66. The number of aromatic nitrogens is 4. The Kier molecular flexibility index (Phi) is 12.1. The molecule has 0 atom stereocenters. The van der Waals surface area contributed by atoms with E-state index in [-0.39, 0.29) is 0 Å². The lowest BCUT2D eigenvalue weighted by molar-refractivity contribution is 0.115. The molecule has 6 nitrogen and oxygen atoms in total. The number of benzene rings is 2. The lowest BCUT2D eigenvalue weighted by atomic mass is 10.2. The van der Waals surface area contributed by atoms with Crippen molar-refractivity contribution in [3.63, 3.8) is 0 Å². The number of hydrogen-bond donors (Lipinski definition) is 0. The minimum Gasteiger partial charge on any atom is -0.377 e. The predicted octanol–water partition coefficient (Wildman–Crippen LogP) is 6.98. The number of halogens is 1. The molecule has 2 aromatic carbocycles. The fourth-order valence-electron chi connectivity index (χ4n) is 3.70. The molecule has 4 aromatic rings. The molecule has 0 bridgehead atoms. The van der Waals surface area contributed by atoms with Crippen molar-refractivity contribution >= 4 is 15.9 Å². The SMILES string of the molecule is Cc1cn(CCCOCc2ccccc2)nc1C.Cc1nn(CCCOCc2ccccc2)c(Br)c1C. The third kappa shape index (κ3) is 9.91. The van der Waals surface area contributed by atoms with Crippen molar-refractivity contribution in [3.05, 3.63) is 105 Å². The number of ether oxygens (including phenoxy) is 2. The maximum Gasteiger partial charge on any atom is 0.107 e. The van der Waals surface area contributed by atoms with Gasteiger partial charge in [0.05, 0.1) is 24.6 Å². The lowest BCUT2D eigenvalue weighted by Gasteiger charge is -2.05. The van der Waals surface area contributed by atoms with Gasteiger partial charge >= 0.3 is 0 Å². The Morgan fingerprint density at radius 2 is 1.24 bits per heavy atom. The highest BCUT2D eigenvalue weighted by Gasteiger charge is 2.07. The maximum absolute atomic E-state index is 5.66. The van der Waals surface area contributed by atoms with Gasteiger partial charge in [-0.1, -0.05) is 60.7 Å². The van der Waals surface area contributed by atoms with E-state index in [9.17, 15) is 0 Å². The molecule has 0 saturated heterocycles. The molecule has 2 aromatic heterocycles. The molecule has 37 heavy (non-hydrogen) atoms. The van der Waals surface area contributed by atoms with E-state index in [1.165, 1.54) is 22.3 Å². The molecule has 0 saturated carbocycles. The molecule has 0 aliphatic carbocycles. The smallest absolute Gasteiger partial charge is 0.107 e. The van der Waals surface area contributed by atoms with Gasteiger partial charge in [-0.3, -0.25) is 9.36 Å². The van der Waals surface area contributed by atoms with Gasteiger partial charge < -0.3 is 9.47 Å². The summed E-state index contributed by atoms with van der Waals surface area (Å²) in [6.07, 6.45) is 4.05. The van der Waals surface area contributed by atoms with Crippen molar-refractivity contribution in [1.82, 2.24) is 19.6 Å². The standard InChI is InChI=1S/C15H19BrN2O.C15H20N2O/c1-12-13(2)17-18(15(12)16)9-6-10-19-11-14-7-4-3-5-8-14;1-13-11-17(16-14(13)2)9-6-10-18-12-15-7-4-3-5-8-15/h3-5,7-8H,6,9-11H2,1-2H3;3-5,7-8,11H,6,9-10,12H2,1-2H3. The quantitative estimate of drug-likeness (QED) is 0.174. The van der Waals surface area contributed by atoms with E-state index >= 15 is 0 Å². The van der Waals surface area contributed by atoms with Crippen LogP contribution in [0.5, 0.6) is 0 Å². The molecule has 0 amide bonds. The molecule has 0 unspecified atom stereocenters. The second-order valence-corrected chi connectivity index (χ2v) is 9.92. The summed E-state index contributed by atoms with van der Waals surface area (Å²) in [5.41, 5.74) is 7.10. The molecule has 4 rings (SSSR count). The molecular weight excluding hydrogens is 528 g/mol. The minimum absolute atomic E-state index is 0.680. The predicted molar refractivity (Wildman–Crippen MR) is 153 cm³/mol. The van der Waals surface area contributed by atoms with Crippen molar-refractivity contribution in [2.75, 3.05) is 13.2 Å². The molecule has 0 N–H and O–H groups in total. The van der Waals surface area contributed by atoms with Crippen LogP contribution < -0.4 is 0 Å². The fourth-order valence-corrected chi connectivity index (χ4v) is 4.24. The first kappa shape index (κ1) is 28.8. The van der Waals surface area contributed by atoms with Gasteiger partial charge in [-0.15, -0.1) is 0 Å². The summed E-state index contributed by atoms with van der Waals surface area (Å²) < 4.78 is 16.4. The van der Waals surface area contributed by atoms with Crippen LogP contribution in [0, 0.1) is 27.7 Å². The third-order valence-electron chi connectivity index (χ3n) is 6.10. The Hall–Kier alpha value is -2.74. The highest BCUT2D eigenvalue weighted by Crippen LogP contribution is 2.19. The van der Waals surface area contributed by atoms with Gasteiger partial charge in [0, 0.05) is 38.1 Å². The largest absolute Gasteiger partial charge is 0.377 e. The van der Waals surface area contributed by atoms with Gasteiger partial charge in [0.2, 0.25) is 0 Å². The van der Waals surface area contributed by atoms with Crippen LogP contribution in [0.1, 0.15) is 46.5 Å². The van der Waals surface area contributed by atoms with Crippen molar-refractivity contribution in [2.24, 2.45) is 0 Å². The molecule has 0 aliphatic heterocycles. The zero-order valence-corrected chi connectivity index (χ0v) is 24.1. The fraction of sp³-hybridized carbons (Fsp3) is 0.400. The van der Waals surface area contributed by atoms with Crippen molar-refractivity contribution in [2.45, 2.75) is 66.8 Å². The second-order valence-electron chi connectivity index (χ2n) is 9.17. The van der Waals surface area contributed by atoms with E-state index in [1.54, 1.807) is 0 Å². The second kappa shape index (κ2) is 15.5. The van der Waals surface area contributed by atoms with Crippen LogP contribution >= 0.6 is 15.9 Å². The molecule has 7 heteroatoms. The molecule has 2 heterocycles. The van der Waals surface area contributed by atoms with Crippen LogP contribution in [0.2, 0.25) is 0 Å².